The van der Waals surface area contributed by atoms with Gasteiger partial charge in [-0.05, 0) is 54.3 Å². The number of benzene rings is 3. The second kappa shape index (κ2) is 8.68. The first-order valence-corrected chi connectivity index (χ1v) is 10.6. The molecule has 158 valence electrons. The summed E-state index contributed by atoms with van der Waals surface area (Å²) in [6.45, 7) is 5.97. The van der Waals surface area contributed by atoms with Crippen LogP contribution in [0.4, 0.5) is 0 Å². The number of methoxy groups -OCH3 is 1. The number of nitrogens with one attached hydrogen (secondary N) is 1. The summed E-state index contributed by atoms with van der Waals surface area (Å²) in [5, 5.41) is 6.35. The van der Waals surface area contributed by atoms with E-state index in [1.165, 1.54) is 10.8 Å². The molecule has 4 nitrogen and oxygen atoms in total. The van der Waals surface area contributed by atoms with Crippen LogP contribution in [-0.4, -0.2) is 19.1 Å². The first-order valence-electron chi connectivity index (χ1n) is 10.6. The predicted molar refractivity (Wildman–Crippen MR) is 127 cm³/mol. The molecule has 0 fully saturated rings. The number of ether oxygens (including phenoxy) is 1. The number of rotatable bonds is 6. The van der Waals surface area contributed by atoms with Crippen molar-refractivity contribution < 1.29 is 13.9 Å². The summed E-state index contributed by atoms with van der Waals surface area (Å²) >= 11 is 0. The molecule has 1 aromatic heterocycles. The second-order valence-electron chi connectivity index (χ2n) is 7.91. The first kappa shape index (κ1) is 20.7. The smallest absolute Gasteiger partial charge is 0.244 e. The molecule has 4 rings (SSSR count). The molecule has 31 heavy (non-hydrogen) atoms. The Hall–Kier alpha value is -3.53. The average molecular weight is 414 g/mol. The summed E-state index contributed by atoms with van der Waals surface area (Å²) < 4.78 is 11.5. The van der Waals surface area contributed by atoms with Gasteiger partial charge in [0.1, 0.15) is 11.3 Å². The van der Waals surface area contributed by atoms with Crippen LogP contribution in [0.1, 0.15) is 32.8 Å². The third kappa shape index (κ3) is 4.19. The topological polar surface area (TPSA) is 51.5 Å². The molecular formula is C27H27NO3. The van der Waals surface area contributed by atoms with Crippen LogP contribution in [0, 0.1) is 0 Å². The standard InChI is InChI=1S/C27H27NO3/c1-5-18(3)28-27(29)12-17(2)22-14-23-24(16-31-26(23)15-25(22)30-4)21-11-10-19-8-6-7-9-20(19)13-21/h6-16,18H,5H2,1-4H3,(H,28,29)/b17-12+. The minimum atomic E-state index is -0.101. The van der Waals surface area contributed by atoms with Crippen LogP contribution < -0.4 is 10.1 Å². The Morgan fingerprint density at radius 3 is 2.65 bits per heavy atom. The number of hydrogen-bond acceptors (Lipinski definition) is 3. The van der Waals surface area contributed by atoms with Crippen molar-refractivity contribution in [2.75, 3.05) is 7.11 Å². The van der Waals surface area contributed by atoms with Gasteiger partial charge in [-0.2, -0.15) is 0 Å². The Labute approximate surface area is 182 Å². The lowest BCUT2D eigenvalue weighted by Gasteiger charge is -2.12. The van der Waals surface area contributed by atoms with Crippen LogP contribution in [0.2, 0.25) is 0 Å². The molecule has 0 aliphatic heterocycles. The maximum atomic E-state index is 12.4. The van der Waals surface area contributed by atoms with Crippen LogP contribution in [0.5, 0.6) is 5.75 Å². The lowest BCUT2D eigenvalue weighted by molar-refractivity contribution is -0.117. The van der Waals surface area contributed by atoms with Crippen LogP contribution in [0.15, 0.2) is 71.4 Å². The van der Waals surface area contributed by atoms with E-state index in [2.05, 4.69) is 35.6 Å². The Bertz CT molecular complexity index is 1280. The van der Waals surface area contributed by atoms with Gasteiger partial charge in [0, 0.05) is 34.7 Å². The predicted octanol–water partition coefficient (Wildman–Crippen LogP) is 6.58. The summed E-state index contributed by atoms with van der Waals surface area (Å²) in [4.78, 5) is 12.4. The molecule has 0 saturated heterocycles. The molecule has 1 heterocycles. The van der Waals surface area contributed by atoms with Gasteiger partial charge in [0.25, 0.3) is 0 Å². The second-order valence-corrected chi connectivity index (χ2v) is 7.91. The summed E-state index contributed by atoms with van der Waals surface area (Å²) in [6.07, 6.45) is 4.30. The molecule has 4 aromatic rings. The zero-order valence-electron chi connectivity index (χ0n) is 18.4. The molecule has 0 aliphatic carbocycles. The first-order chi connectivity index (χ1) is 15.0. The van der Waals surface area contributed by atoms with Crippen molar-refractivity contribution >= 4 is 33.2 Å². The van der Waals surface area contributed by atoms with Gasteiger partial charge < -0.3 is 14.5 Å². The summed E-state index contributed by atoms with van der Waals surface area (Å²) in [5.41, 5.74) is 4.56. The highest BCUT2D eigenvalue weighted by Crippen LogP contribution is 2.38. The molecule has 0 spiro atoms. The van der Waals surface area contributed by atoms with Crippen molar-refractivity contribution in [2.24, 2.45) is 0 Å². The van der Waals surface area contributed by atoms with Gasteiger partial charge in [0.2, 0.25) is 5.91 Å². The maximum absolute atomic E-state index is 12.4. The van der Waals surface area contributed by atoms with E-state index in [1.54, 1.807) is 19.4 Å². The van der Waals surface area contributed by atoms with Crippen molar-refractivity contribution in [3.05, 3.63) is 72.5 Å². The molecule has 3 aromatic carbocycles. The van der Waals surface area contributed by atoms with Crippen LogP contribution in [0.25, 0.3) is 38.4 Å². The third-order valence-corrected chi connectivity index (χ3v) is 5.73. The molecule has 1 atom stereocenters. The van der Waals surface area contributed by atoms with Gasteiger partial charge in [0.15, 0.2) is 0 Å². The van der Waals surface area contributed by atoms with E-state index in [0.29, 0.717) is 5.75 Å². The highest BCUT2D eigenvalue weighted by atomic mass is 16.5. The number of amides is 1. The minimum Gasteiger partial charge on any atom is -0.496 e. The molecule has 0 saturated carbocycles. The average Bonchev–Trinajstić information content (AvgIpc) is 3.20. The highest BCUT2D eigenvalue weighted by molar-refractivity contribution is 6.01. The summed E-state index contributed by atoms with van der Waals surface area (Å²) in [6, 6.07) is 18.8. The molecule has 0 bridgehead atoms. The normalized spacial score (nSPS) is 12.8. The zero-order valence-corrected chi connectivity index (χ0v) is 18.4. The van der Waals surface area contributed by atoms with Crippen molar-refractivity contribution in [1.82, 2.24) is 5.32 Å². The van der Waals surface area contributed by atoms with Crippen molar-refractivity contribution in [3.8, 4) is 16.9 Å². The Balaban J connectivity index is 1.79. The van der Waals surface area contributed by atoms with E-state index in [0.717, 1.165) is 39.7 Å². The Morgan fingerprint density at radius 2 is 1.90 bits per heavy atom. The van der Waals surface area contributed by atoms with Gasteiger partial charge in [-0.15, -0.1) is 0 Å². The fourth-order valence-corrected chi connectivity index (χ4v) is 3.77. The van der Waals surface area contributed by atoms with Gasteiger partial charge >= 0.3 is 0 Å². The SMILES string of the molecule is CCC(C)NC(=O)/C=C(\C)c1cc2c(-c3ccc4ccccc4c3)coc2cc1OC. The van der Waals surface area contributed by atoms with Crippen molar-refractivity contribution in [3.63, 3.8) is 0 Å². The van der Waals surface area contributed by atoms with Gasteiger partial charge in [-0.3, -0.25) is 4.79 Å². The van der Waals surface area contributed by atoms with Gasteiger partial charge in [-0.25, -0.2) is 0 Å². The number of carbonyl (C=O) groups excluding carboxylic acids is 1. The number of hydrogen-bond donors (Lipinski definition) is 1. The Morgan fingerprint density at radius 1 is 1.13 bits per heavy atom. The fraction of sp³-hybridized carbons (Fsp3) is 0.222. The quantitative estimate of drug-likeness (QED) is 0.363. The van der Waals surface area contributed by atoms with E-state index in [9.17, 15) is 4.79 Å². The minimum absolute atomic E-state index is 0.101. The van der Waals surface area contributed by atoms with Gasteiger partial charge in [-0.1, -0.05) is 43.3 Å². The molecule has 0 radical (unpaired) electrons. The number of fused-ring (bicyclic) bond motifs is 2. The number of allylic oxidation sites excluding steroid dienone is 1. The molecule has 1 N–H and O–H groups in total. The van der Waals surface area contributed by atoms with E-state index >= 15 is 0 Å². The largest absolute Gasteiger partial charge is 0.496 e. The summed E-state index contributed by atoms with van der Waals surface area (Å²) in [7, 11) is 1.63. The maximum Gasteiger partial charge on any atom is 0.244 e. The molecule has 1 unspecified atom stereocenters. The molecular weight excluding hydrogens is 386 g/mol. The van der Waals surface area contributed by atoms with E-state index in [-0.39, 0.29) is 11.9 Å². The van der Waals surface area contributed by atoms with Crippen LogP contribution >= 0.6 is 0 Å². The highest BCUT2D eigenvalue weighted by Gasteiger charge is 2.15. The number of carbonyl (C=O) groups is 1. The molecule has 1 amide bonds. The third-order valence-electron chi connectivity index (χ3n) is 5.73. The van der Waals surface area contributed by atoms with E-state index in [4.69, 9.17) is 9.15 Å². The number of furan rings is 1. The summed E-state index contributed by atoms with van der Waals surface area (Å²) in [5.74, 6) is 0.577. The molecule has 0 aliphatic rings. The lowest BCUT2D eigenvalue weighted by Crippen LogP contribution is -2.30. The van der Waals surface area contributed by atoms with Crippen molar-refractivity contribution in [1.29, 1.82) is 0 Å². The Kier molecular flexibility index (Phi) is 5.81. The monoisotopic (exact) mass is 413 g/mol. The van der Waals surface area contributed by atoms with Crippen molar-refractivity contribution in [2.45, 2.75) is 33.2 Å². The van der Waals surface area contributed by atoms with Crippen LogP contribution in [-0.2, 0) is 4.79 Å². The van der Waals surface area contributed by atoms with Gasteiger partial charge in [0.05, 0.1) is 13.4 Å². The molecule has 4 heteroatoms. The fourth-order valence-electron chi connectivity index (χ4n) is 3.77. The van der Waals surface area contributed by atoms with E-state index < -0.39 is 0 Å². The lowest BCUT2D eigenvalue weighted by atomic mass is 9.97. The van der Waals surface area contributed by atoms with Crippen LogP contribution in [0.3, 0.4) is 0 Å². The van der Waals surface area contributed by atoms with E-state index in [1.807, 2.05) is 45.0 Å². The zero-order chi connectivity index (χ0) is 22.0.